The normalized spacial score (nSPS) is 11.4. The number of benzene rings is 1. The molecule has 9 heteroatoms. The Hall–Kier alpha value is -2.00. The van der Waals surface area contributed by atoms with Crippen LogP contribution in [-0.4, -0.2) is 44.3 Å². The van der Waals surface area contributed by atoms with Crippen molar-refractivity contribution < 1.29 is 23.0 Å². The van der Waals surface area contributed by atoms with Gasteiger partial charge in [0.05, 0.1) is 12.8 Å². The lowest BCUT2D eigenvalue weighted by molar-refractivity contribution is -0.0512. The lowest BCUT2D eigenvalue weighted by Crippen LogP contribution is -2.33. The Morgan fingerprint density at radius 1 is 1.32 bits per heavy atom. The van der Waals surface area contributed by atoms with Crippen LogP contribution in [0.4, 0.5) is 8.78 Å². The van der Waals surface area contributed by atoms with Gasteiger partial charge in [-0.2, -0.15) is 13.9 Å². The van der Waals surface area contributed by atoms with Crippen LogP contribution in [-0.2, 0) is 4.74 Å². The Kier molecular flexibility index (Phi) is 9.71. The fraction of sp³-hybridized carbons (Fsp3) is 0.500. The van der Waals surface area contributed by atoms with Crippen molar-refractivity contribution in [3.63, 3.8) is 0 Å². The molecule has 0 unspecified atom stereocenters. The molecular weight excluding hydrogens is 352 g/mol. The smallest absolute Gasteiger partial charge is 0.387 e. The Morgan fingerprint density at radius 3 is 2.72 bits per heavy atom. The SMILES string of the molecule is CCOCCCNC(=S)N/N=C(/C)c1ccc(OC(F)F)c(OC)c1. The highest BCUT2D eigenvalue weighted by Gasteiger charge is 2.12. The molecule has 0 saturated heterocycles. The van der Waals surface area contributed by atoms with Crippen LogP contribution in [0, 0.1) is 0 Å². The van der Waals surface area contributed by atoms with E-state index in [-0.39, 0.29) is 11.5 Å². The van der Waals surface area contributed by atoms with Gasteiger partial charge in [-0.3, -0.25) is 5.43 Å². The second kappa shape index (κ2) is 11.5. The van der Waals surface area contributed by atoms with Crippen molar-refractivity contribution in [2.24, 2.45) is 5.10 Å². The van der Waals surface area contributed by atoms with Crippen molar-refractivity contribution in [3.05, 3.63) is 23.8 Å². The molecule has 0 aliphatic heterocycles. The van der Waals surface area contributed by atoms with Crippen molar-refractivity contribution in [3.8, 4) is 11.5 Å². The summed E-state index contributed by atoms with van der Waals surface area (Å²) in [5, 5.41) is 7.56. The second-order valence-corrected chi connectivity index (χ2v) is 5.27. The van der Waals surface area contributed by atoms with Crippen LogP contribution >= 0.6 is 12.2 Å². The van der Waals surface area contributed by atoms with Gasteiger partial charge < -0.3 is 19.5 Å². The van der Waals surface area contributed by atoms with Crippen molar-refractivity contribution in [1.82, 2.24) is 10.7 Å². The molecule has 0 atom stereocenters. The van der Waals surface area contributed by atoms with E-state index >= 15 is 0 Å². The number of thiocarbonyl (C=S) groups is 1. The van der Waals surface area contributed by atoms with Gasteiger partial charge in [-0.25, -0.2) is 0 Å². The number of ether oxygens (including phenoxy) is 3. The van der Waals surface area contributed by atoms with E-state index < -0.39 is 6.61 Å². The highest BCUT2D eigenvalue weighted by Crippen LogP contribution is 2.29. The molecule has 0 bridgehead atoms. The van der Waals surface area contributed by atoms with Crippen molar-refractivity contribution in [2.75, 3.05) is 26.9 Å². The van der Waals surface area contributed by atoms with E-state index in [1.807, 2.05) is 6.92 Å². The molecule has 0 aromatic heterocycles. The molecule has 140 valence electrons. The van der Waals surface area contributed by atoms with Crippen LogP contribution in [0.25, 0.3) is 0 Å². The number of nitrogens with zero attached hydrogens (tertiary/aromatic N) is 1. The third-order valence-corrected chi connectivity index (χ3v) is 3.31. The number of alkyl halides is 2. The zero-order valence-electron chi connectivity index (χ0n) is 14.5. The molecule has 6 nitrogen and oxygen atoms in total. The predicted octanol–water partition coefficient (Wildman–Crippen LogP) is 2.91. The summed E-state index contributed by atoms with van der Waals surface area (Å²) in [5.74, 6) is 0.164. The minimum absolute atomic E-state index is 0.0338. The Bertz CT molecular complexity index is 586. The first-order chi connectivity index (χ1) is 12.0. The van der Waals surface area contributed by atoms with Crippen molar-refractivity contribution in [1.29, 1.82) is 0 Å². The number of rotatable bonds is 10. The average Bonchev–Trinajstić information content (AvgIpc) is 2.59. The van der Waals surface area contributed by atoms with Gasteiger partial charge in [0, 0.05) is 25.3 Å². The number of methoxy groups -OCH3 is 1. The fourth-order valence-corrected chi connectivity index (χ4v) is 1.99. The number of hydrogen-bond donors (Lipinski definition) is 2. The van der Waals surface area contributed by atoms with Crippen LogP contribution in [0.1, 0.15) is 25.8 Å². The maximum Gasteiger partial charge on any atom is 0.387 e. The van der Waals surface area contributed by atoms with Crippen LogP contribution in [0.5, 0.6) is 11.5 Å². The van der Waals surface area contributed by atoms with E-state index in [4.69, 9.17) is 21.7 Å². The van der Waals surface area contributed by atoms with Gasteiger partial charge in [-0.05, 0) is 50.7 Å². The Morgan fingerprint density at radius 2 is 2.08 bits per heavy atom. The largest absolute Gasteiger partial charge is 0.493 e. The first-order valence-corrected chi connectivity index (χ1v) is 8.17. The molecule has 0 saturated carbocycles. The van der Waals surface area contributed by atoms with Gasteiger partial charge >= 0.3 is 6.61 Å². The second-order valence-electron chi connectivity index (χ2n) is 4.86. The minimum atomic E-state index is -2.91. The lowest BCUT2D eigenvalue weighted by Gasteiger charge is -2.12. The number of hydrogen-bond acceptors (Lipinski definition) is 5. The molecule has 1 aromatic rings. The third-order valence-electron chi connectivity index (χ3n) is 3.08. The number of hydrazone groups is 1. The predicted molar refractivity (Wildman–Crippen MR) is 96.7 cm³/mol. The maximum absolute atomic E-state index is 12.3. The molecule has 1 aromatic carbocycles. The highest BCUT2D eigenvalue weighted by molar-refractivity contribution is 7.80. The molecule has 0 radical (unpaired) electrons. The summed E-state index contributed by atoms with van der Waals surface area (Å²) in [6.45, 7) is 2.82. The first kappa shape index (κ1) is 21.0. The topological polar surface area (TPSA) is 64.1 Å². The summed E-state index contributed by atoms with van der Waals surface area (Å²) in [6.07, 6.45) is 0.834. The van der Waals surface area contributed by atoms with Crippen LogP contribution in [0.2, 0.25) is 0 Å². The van der Waals surface area contributed by atoms with Gasteiger partial charge in [0.15, 0.2) is 16.6 Å². The first-order valence-electron chi connectivity index (χ1n) is 7.77. The van der Waals surface area contributed by atoms with Crippen molar-refractivity contribution in [2.45, 2.75) is 26.9 Å². The molecule has 2 N–H and O–H groups in total. The zero-order chi connectivity index (χ0) is 18.7. The summed E-state index contributed by atoms with van der Waals surface area (Å²) >= 11 is 5.12. The van der Waals surface area contributed by atoms with Gasteiger partial charge in [-0.1, -0.05) is 0 Å². The summed E-state index contributed by atoms with van der Waals surface area (Å²) < 4.78 is 39.3. The molecule has 0 aliphatic rings. The van der Waals surface area contributed by atoms with Gasteiger partial charge in [0.25, 0.3) is 0 Å². The standard InChI is InChI=1S/C16H23F2N3O3S/c1-4-23-9-5-8-19-16(25)21-20-11(2)12-6-7-13(24-15(17)18)14(10-12)22-3/h6-7,10,15H,4-5,8-9H2,1-3H3,(H2,19,21,25)/b20-11-. The quantitative estimate of drug-likeness (QED) is 0.284. The minimum Gasteiger partial charge on any atom is -0.493 e. The van der Waals surface area contributed by atoms with Crippen LogP contribution < -0.4 is 20.2 Å². The molecule has 1 rings (SSSR count). The summed E-state index contributed by atoms with van der Waals surface area (Å²) in [7, 11) is 1.38. The van der Waals surface area contributed by atoms with Crippen LogP contribution in [0.15, 0.2) is 23.3 Å². The van der Waals surface area contributed by atoms with E-state index in [1.54, 1.807) is 19.1 Å². The molecule has 25 heavy (non-hydrogen) atoms. The highest BCUT2D eigenvalue weighted by atomic mass is 32.1. The van der Waals surface area contributed by atoms with E-state index in [0.29, 0.717) is 36.1 Å². The number of halogens is 2. The van der Waals surface area contributed by atoms with E-state index in [2.05, 4.69) is 20.6 Å². The summed E-state index contributed by atoms with van der Waals surface area (Å²) in [5.41, 5.74) is 4.03. The number of nitrogens with one attached hydrogen (secondary N) is 2. The zero-order valence-corrected chi connectivity index (χ0v) is 15.3. The Labute approximate surface area is 151 Å². The third kappa shape index (κ3) is 8.08. The van der Waals surface area contributed by atoms with Gasteiger partial charge in [-0.15, -0.1) is 0 Å². The van der Waals surface area contributed by atoms with Crippen LogP contribution in [0.3, 0.4) is 0 Å². The summed E-state index contributed by atoms with van der Waals surface area (Å²) in [4.78, 5) is 0. The molecule has 0 heterocycles. The molecule has 0 fully saturated rings. The Balaban J connectivity index is 2.58. The molecular formula is C16H23F2N3O3S. The molecule has 0 spiro atoms. The fourth-order valence-electron chi connectivity index (χ4n) is 1.85. The van der Waals surface area contributed by atoms with Gasteiger partial charge in [0.1, 0.15) is 0 Å². The van der Waals surface area contributed by atoms with E-state index in [0.717, 1.165) is 6.42 Å². The average molecular weight is 375 g/mol. The lowest BCUT2D eigenvalue weighted by atomic mass is 10.1. The molecule has 0 amide bonds. The van der Waals surface area contributed by atoms with E-state index in [1.165, 1.54) is 13.2 Å². The summed E-state index contributed by atoms with van der Waals surface area (Å²) in [6, 6.07) is 4.58. The monoisotopic (exact) mass is 375 g/mol. The van der Waals surface area contributed by atoms with E-state index in [9.17, 15) is 8.78 Å². The van der Waals surface area contributed by atoms with Gasteiger partial charge in [0.2, 0.25) is 0 Å². The maximum atomic E-state index is 12.3. The molecule has 0 aliphatic carbocycles. The van der Waals surface area contributed by atoms with Crippen molar-refractivity contribution >= 4 is 23.0 Å².